The standard InChI is InChI=1S/C16H32N4OS/c1-3-17-16(18-11-6-7-13-22-2)19-12-10-15(21)20-14-8-4-5-9-14/h14H,3-13H2,1-2H3,(H,20,21)(H2,17,18,19). The minimum atomic E-state index is 0.148. The fourth-order valence-electron chi connectivity index (χ4n) is 2.56. The zero-order chi connectivity index (χ0) is 16.0. The number of nitrogens with one attached hydrogen (secondary N) is 3. The second-order valence-electron chi connectivity index (χ2n) is 5.69. The van der Waals surface area contributed by atoms with E-state index in [4.69, 9.17) is 0 Å². The van der Waals surface area contributed by atoms with Crippen LogP contribution in [0.1, 0.15) is 51.9 Å². The first-order valence-corrected chi connectivity index (χ1v) is 9.96. The van der Waals surface area contributed by atoms with Gasteiger partial charge in [0.15, 0.2) is 5.96 Å². The number of hydrogen-bond acceptors (Lipinski definition) is 3. The van der Waals surface area contributed by atoms with Gasteiger partial charge in [0, 0.05) is 32.1 Å². The molecule has 0 heterocycles. The predicted molar refractivity (Wildman–Crippen MR) is 96.6 cm³/mol. The van der Waals surface area contributed by atoms with E-state index >= 15 is 0 Å². The van der Waals surface area contributed by atoms with Gasteiger partial charge in [0.2, 0.25) is 5.91 Å². The van der Waals surface area contributed by atoms with Gasteiger partial charge in [0.05, 0.1) is 0 Å². The van der Waals surface area contributed by atoms with E-state index in [1.807, 2.05) is 11.8 Å². The number of rotatable bonds is 10. The van der Waals surface area contributed by atoms with E-state index in [2.05, 4.69) is 34.1 Å². The van der Waals surface area contributed by atoms with Gasteiger partial charge < -0.3 is 16.0 Å². The van der Waals surface area contributed by atoms with Gasteiger partial charge in [-0.1, -0.05) is 12.8 Å². The Balaban J connectivity index is 2.16. The predicted octanol–water partition coefficient (Wildman–Crippen LogP) is 2.13. The third-order valence-corrected chi connectivity index (χ3v) is 4.43. The van der Waals surface area contributed by atoms with Crippen molar-refractivity contribution in [1.29, 1.82) is 0 Å². The maximum atomic E-state index is 11.9. The molecule has 22 heavy (non-hydrogen) atoms. The number of nitrogens with zero attached hydrogens (tertiary/aromatic N) is 1. The van der Waals surface area contributed by atoms with Gasteiger partial charge in [-0.15, -0.1) is 0 Å². The summed E-state index contributed by atoms with van der Waals surface area (Å²) in [6.07, 6.45) is 9.72. The molecule has 3 N–H and O–H groups in total. The van der Waals surface area contributed by atoms with Crippen LogP contribution in [0.4, 0.5) is 0 Å². The van der Waals surface area contributed by atoms with Crippen molar-refractivity contribution in [2.75, 3.05) is 31.6 Å². The van der Waals surface area contributed by atoms with Gasteiger partial charge in [-0.05, 0) is 44.6 Å². The van der Waals surface area contributed by atoms with E-state index in [9.17, 15) is 4.79 Å². The smallest absolute Gasteiger partial charge is 0.221 e. The Labute approximate surface area is 139 Å². The van der Waals surface area contributed by atoms with Gasteiger partial charge in [0.25, 0.3) is 0 Å². The zero-order valence-corrected chi connectivity index (χ0v) is 14.9. The van der Waals surface area contributed by atoms with Crippen LogP contribution in [0.25, 0.3) is 0 Å². The highest BCUT2D eigenvalue weighted by Crippen LogP contribution is 2.17. The summed E-state index contributed by atoms with van der Waals surface area (Å²) in [5, 5.41) is 9.57. The summed E-state index contributed by atoms with van der Waals surface area (Å²) in [7, 11) is 0. The van der Waals surface area contributed by atoms with Crippen molar-refractivity contribution in [2.45, 2.75) is 57.9 Å². The highest BCUT2D eigenvalue weighted by atomic mass is 32.2. The van der Waals surface area contributed by atoms with Crippen molar-refractivity contribution in [3.8, 4) is 0 Å². The Bertz CT molecular complexity index is 330. The van der Waals surface area contributed by atoms with Gasteiger partial charge in [0.1, 0.15) is 0 Å². The molecule has 0 unspecified atom stereocenters. The van der Waals surface area contributed by atoms with Gasteiger partial charge in [-0.2, -0.15) is 11.8 Å². The van der Waals surface area contributed by atoms with Crippen LogP contribution in [0, 0.1) is 0 Å². The van der Waals surface area contributed by atoms with E-state index in [0.717, 1.165) is 38.3 Å². The zero-order valence-electron chi connectivity index (χ0n) is 14.1. The molecule has 0 aromatic rings. The van der Waals surface area contributed by atoms with Crippen molar-refractivity contribution >= 4 is 23.6 Å². The summed E-state index contributed by atoms with van der Waals surface area (Å²) in [5.74, 6) is 2.16. The van der Waals surface area contributed by atoms with Gasteiger partial charge in [-0.3, -0.25) is 9.79 Å². The molecule has 1 aliphatic rings. The van der Waals surface area contributed by atoms with E-state index in [0.29, 0.717) is 19.0 Å². The summed E-state index contributed by atoms with van der Waals surface area (Å²) in [4.78, 5) is 16.4. The number of unbranched alkanes of at least 4 members (excludes halogenated alkanes) is 1. The minimum Gasteiger partial charge on any atom is -0.357 e. The normalized spacial score (nSPS) is 15.8. The van der Waals surface area contributed by atoms with Crippen LogP contribution in [0.5, 0.6) is 0 Å². The molecule has 6 heteroatoms. The van der Waals surface area contributed by atoms with Crippen LogP contribution in [0.3, 0.4) is 0 Å². The molecule has 0 bridgehead atoms. The van der Waals surface area contributed by atoms with Crippen LogP contribution in [-0.4, -0.2) is 49.6 Å². The molecule has 0 spiro atoms. The lowest BCUT2D eigenvalue weighted by molar-refractivity contribution is -0.121. The Hall–Kier alpha value is -0.910. The third-order valence-electron chi connectivity index (χ3n) is 3.74. The van der Waals surface area contributed by atoms with Crippen molar-refractivity contribution in [1.82, 2.24) is 16.0 Å². The fraction of sp³-hybridized carbons (Fsp3) is 0.875. The summed E-state index contributed by atoms with van der Waals surface area (Å²) in [5.41, 5.74) is 0. The molecular weight excluding hydrogens is 296 g/mol. The lowest BCUT2D eigenvalue weighted by Crippen LogP contribution is -2.40. The number of amides is 1. The van der Waals surface area contributed by atoms with Crippen LogP contribution in [0.2, 0.25) is 0 Å². The van der Waals surface area contributed by atoms with Crippen LogP contribution in [-0.2, 0) is 4.79 Å². The molecule has 0 aromatic carbocycles. The third kappa shape index (κ3) is 9.18. The second-order valence-corrected chi connectivity index (χ2v) is 6.67. The number of hydrogen-bond donors (Lipinski definition) is 3. The molecule has 5 nitrogen and oxygen atoms in total. The van der Waals surface area contributed by atoms with Gasteiger partial charge in [-0.25, -0.2) is 0 Å². The first kappa shape index (κ1) is 19.1. The molecule has 0 aromatic heterocycles. The highest BCUT2D eigenvalue weighted by Gasteiger charge is 2.16. The minimum absolute atomic E-state index is 0.148. The second kappa shape index (κ2) is 12.6. The molecule has 1 amide bonds. The molecule has 1 saturated carbocycles. The van der Waals surface area contributed by atoms with E-state index in [1.54, 1.807) is 0 Å². The number of carbonyl (C=O) groups is 1. The summed E-state index contributed by atoms with van der Waals surface area (Å²) < 4.78 is 0. The average Bonchev–Trinajstić information content (AvgIpc) is 2.99. The highest BCUT2D eigenvalue weighted by molar-refractivity contribution is 7.98. The molecule has 0 saturated heterocycles. The summed E-state index contributed by atoms with van der Waals surface area (Å²) >= 11 is 1.88. The first-order chi connectivity index (χ1) is 10.8. The van der Waals surface area contributed by atoms with Crippen molar-refractivity contribution < 1.29 is 4.79 Å². The van der Waals surface area contributed by atoms with Crippen molar-refractivity contribution in [3.05, 3.63) is 0 Å². The molecule has 1 fully saturated rings. The van der Waals surface area contributed by atoms with Crippen LogP contribution < -0.4 is 16.0 Å². The average molecular weight is 329 g/mol. The molecule has 0 atom stereocenters. The molecule has 1 aliphatic carbocycles. The number of guanidine groups is 1. The molecule has 0 radical (unpaired) electrons. The van der Waals surface area contributed by atoms with E-state index in [-0.39, 0.29) is 5.91 Å². The Morgan fingerprint density at radius 2 is 2.00 bits per heavy atom. The number of thioether (sulfide) groups is 1. The van der Waals surface area contributed by atoms with E-state index in [1.165, 1.54) is 25.0 Å². The topological polar surface area (TPSA) is 65.5 Å². The Kier molecular flexibility index (Phi) is 11.0. The molecular formula is C16H32N4OS. The maximum Gasteiger partial charge on any atom is 0.221 e. The molecule has 128 valence electrons. The van der Waals surface area contributed by atoms with Crippen LogP contribution >= 0.6 is 11.8 Å². The van der Waals surface area contributed by atoms with Gasteiger partial charge >= 0.3 is 0 Å². The van der Waals surface area contributed by atoms with Crippen molar-refractivity contribution in [2.24, 2.45) is 4.99 Å². The first-order valence-electron chi connectivity index (χ1n) is 8.56. The van der Waals surface area contributed by atoms with E-state index < -0.39 is 0 Å². The lowest BCUT2D eigenvalue weighted by Gasteiger charge is -2.13. The number of carbonyl (C=O) groups excluding carboxylic acids is 1. The van der Waals surface area contributed by atoms with Crippen LogP contribution in [0.15, 0.2) is 4.99 Å². The quantitative estimate of drug-likeness (QED) is 0.326. The molecule has 0 aliphatic heterocycles. The fourth-order valence-corrected chi connectivity index (χ4v) is 3.05. The summed E-state index contributed by atoms with van der Waals surface area (Å²) in [6, 6.07) is 0.408. The molecule has 1 rings (SSSR count). The largest absolute Gasteiger partial charge is 0.357 e. The Morgan fingerprint density at radius 3 is 2.68 bits per heavy atom. The Morgan fingerprint density at radius 1 is 1.23 bits per heavy atom. The SMILES string of the molecule is CCNC(=NCCCCSC)NCCC(=O)NC1CCCC1. The van der Waals surface area contributed by atoms with Crippen molar-refractivity contribution in [3.63, 3.8) is 0 Å². The monoisotopic (exact) mass is 328 g/mol. The number of aliphatic imine (C=N–C) groups is 1. The lowest BCUT2D eigenvalue weighted by atomic mass is 10.2. The summed E-state index contributed by atoms with van der Waals surface area (Å²) in [6.45, 7) is 4.36. The maximum absolute atomic E-state index is 11.9.